The normalized spacial score (nSPS) is 15.7. The number of fused-ring (bicyclic) bond motifs is 10. The number of esters is 2. The van der Waals surface area contributed by atoms with Gasteiger partial charge in [0.15, 0.2) is 22.6 Å². The second kappa shape index (κ2) is 21.8. The van der Waals surface area contributed by atoms with Crippen molar-refractivity contribution >= 4 is 51.6 Å². The number of carbonyl (C=O) groups is 3. The molecule has 0 radical (unpaired) electrons. The fourth-order valence-electron chi connectivity index (χ4n) is 12.3. The summed E-state index contributed by atoms with van der Waals surface area (Å²) in [5.74, 6) is -0.428. The fraction of sp³-hybridized carbons (Fsp3) is 0.191. The van der Waals surface area contributed by atoms with Gasteiger partial charge in [0.25, 0.3) is 0 Å². The number of aromatic nitrogens is 10. The smallest absolute Gasteiger partial charge is 0.339 e. The number of rotatable bonds is 7. The van der Waals surface area contributed by atoms with E-state index in [9.17, 15) is 14.4 Å². The molecule has 0 aliphatic carbocycles. The maximum Gasteiger partial charge on any atom is 0.339 e. The molecule has 0 atom stereocenters. The summed E-state index contributed by atoms with van der Waals surface area (Å²) < 4.78 is 15.1. The first kappa shape index (κ1) is 52.8. The fourth-order valence-corrected chi connectivity index (χ4v) is 12.3. The Kier molecular flexibility index (Phi) is 13.6. The van der Waals surface area contributed by atoms with Crippen LogP contribution in [0.3, 0.4) is 0 Å². The Bertz CT molecular complexity index is 4540. The second-order valence-electron chi connectivity index (χ2n) is 22.0. The third-order valence-corrected chi connectivity index (χ3v) is 16.6. The molecule has 16 rings (SSSR count). The van der Waals surface area contributed by atoms with Gasteiger partial charge in [-0.1, -0.05) is 109 Å². The van der Waals surface area contributed by atoms with E-state index in [0.717, 1.165) is 165 Å². The molecule has 418 valence electrons. The molecule has 4 aliphatic rings. The minimum absolute atomic E-state index is 0.200. The van der Waals surface area contributed by atoms with Crippen molar-refractivity contribution in [3.05, 3.63) is 228 Å². The third-order valence-electron chi connectivity index (χ3n) is 16.6. The maximum absolute atomic E-state index is 12.4. The zero-order chi connectivity index (χ0) is 57.7. The van der Waals surface area contributed by atoms with E-state index < -0.39 is 11.2 Å². The van der Waals surface area contributed by atoms with Gasteiger partial charge in [0.2, 0.25) is 0 Å². The van der Waals surface area contributed by atoms with Crippen molar-refractivity contribution in [2.75, 3.05) is 26.2 Å². The Labute approximate surface area is 488 Å². The molecule has 0 unspecified atom stereocenters. The van der Waals surface area contributed by atoms with Crippen LogP contribution in [0.2, 0.25) is 0 Å². The summed E-state index contributed by atoms with van der Waals surface area (Å²) in [6.07, 6.45) is 14.7. The van der Waals surface area contributed by atoms with E-state index in [1.807, 2.05) is 91.4 Å². The highest BCUT2D eigenvalue weighted by molar-refractivity contribution is 5.96. The number of nitrogens with zero attached hydrogens (tertiary/aromatic N) is 11. The summed E-state index contributed by atoms with van der Waals surface area (Å²) in [4.78, 5) is 65.2. The molecule has 12 heterocycles. The molecular formula is C68H56N12O5. The van der Waals surface area contributed by atoms with Crippen LogP contribution in [0.15, 0.2) is 183 Å². The summed E-state index contributed by atoms with van der Waals surface area (Å²) in [5.41, 5.74) is 17.1. The van der Waals surface area contributed by atoms with E-state index in [2.05, 4.69) is 113 Å². The van der Waals surface area contributed by atoms with E-state index >= 15 is 0 Å². The molecule has 0 bridgehead atoms. The Balaban J connectivity index is 0.000000127. The molecule has 17 heteroatoms. The lowest BCUT2D eigenvalue weighted by Gasteiger charge is -2.38. The number of nitrogens with one attached hydrogen (secondary N) is 1. The zero-order valence-electron chi connectivity index (χ0n) is 46.7. The van der Waals surface area contributed by atoms with E-state index in [0.29, 0.717) is 16.7 Å². The third kappa shape index (κ3) is 9.91. The highest BCUT2D eigenvalue weighted by atomic mass is 16.6. The highest BCUT2D eigenvalue weighted by Gasteiger charge is 2.48. The van der Waals surface area contributed by atoms with Crippen LogP contribution in [-0.2, 0) is 27.2 Å². The molecule has 12 aromatic rings. The molecular weight excluding hydrogens is 1060 g/mol. The zero-order valence-corrected chi connectivity index (χ0v) is 46.7. The minimum Gasteiger partial charge on any atom is -0.450 e. The molecule has 2 spiro atoms. The van der Waals surface area contributed by atoms with Crippen molar-refractivity contribution in [1.82, 2.24) is 59.3 Å². The van der Waals surface area contributed by atoms with Gasteiger partial charge < -0.3 is 14.8 Å². The van der Waals surface area contributed by atoms with Crippen molar-refractivity contribution < 1.29 is 23.9 Å². The Hall–Kier alpha value is -10.2. The lowest BCUT2D eigenvalue weighted by atomic mass is 9.84. The number of hydrogen-bond acceptors (Lipinski definition) is 15. The number of piperidine rings is 2. The standard InChI is InChI=1S/C34H28N6O2.C23H16N4O.C11H12N2O2/c1-22-17-30-36-19-26-18-28(24-5-3-2-4-6-24)31(37-32(26)40(30)38-22)25-9-7-23(8-10-25)21-39-15-12-34(13-16-39)29-20-35-14-11-27(29)33(41)42-34;1-15-11-21-24-13-19-12-20(17-5-3-2-4-6-17)22(25-23(19)27(21)26-15)18-9-7-16(14-28)8-10-18;14-10-8-1-4-13-7-9(8)11(15-10)2-5-12-6-3-11/h2-11,14,17-20H,12-13,15-16,21H2,1H3;2-14H,1H3;1,4,7,12H,2-3,5-6H2. The van der Waals surface area contributed by atoms with Crippen molar-refractivity contribution in [3.63, 3.8) is 0 Å². The van der Waals surface area contributed by atoms with Crippen LogP contribution in [0.25, 0.3) is 78.1 Å². The van der Waals surface area contributed by atoms with Crippen LogP contribution in [0, 0.1) is 13.8 Å². The van der Waals surface area contributed by atoms with E-state index in [4.69, 9.17) is 19.4 Å². The monoisotopic (exact) mass is 1120 g/mol. The first-order valence-corrected chi connectivity index (χ1v) is 28.5. The minimum atomic E-state index is -0.537. The lowest BCUT2D eigenvalue weighted by Crippen LogP contribution is -2.42. The number of benzene rings is 4. The number of carbonyl (C=O) groups excluding carboxylic acids is 3. The number of hydrogen-bond donors (Lipinski definition) is 1. The summed E-state index contributed by atoms with van der Waals surface area (Å²) >= 11 is 0. The molecule has 4 aliphatic heterocycles. The van der Waals surface area contributed by atoms with Crippen LogP contribution in [-0.4, -0.2) is 98.4 Å². The Morgan fingerprint density at radius 1 is 0.529 bits per heavy atom. The van der Waals surface area contributed by atoms with Crippen LogP contribution < -0.4 is 5.32 Å². The summed E-state index contributed by atoms with van der Waals surface area (Å²) in [6, 6.07) is 48.4. The molecule has 1 N–H and O–H groups in total. The Morgan fingerprint density at radius 2 is 1.00 bits per heavy atom. The molecule has 2 saturated heterocycles. The lowest BCUT2D eigenvalue weighted by molar-refractivity contribution is -0.0442. The predicted octanol–water partition coefficient (Wildman–Crippen LogP) is 11.5. The van der Waals surface area contributed by atoms with Gasteiger partial charge in [-0.2, -0.15) is 19.2 Å². The van der Waals surface area contributed by atoms with Crippen LogP contribution in [0.1, 0.15) is 84.8 Å². The number of aryl methyl sites for hydroxylation is 2. The van der Waals surface area contributed by atoms with Gasteiger partial charge in [0, 0.05) is 144 Å². The molecule has 85 heavy (non-hydrogen) atoms. The van der Waals surface area contributed by atoms with E-state index in [1.54, 1.807) is 41.4 Å². The summed E-state index contributed by atoms with van der Waals surface area (Å²) in [5, 5.41) is 14.3. The average Bonchev–Trinajstić information content (AvgIpc) is 3.27. The van der Waals surface area contributed by atoms with Gasteiger partial charge in [-0.25, -0.2) is 29.5 Å². The molecule has 0 saturated carbocycles. The van der Waals surface area contributed by atoms with Crippen LogP contribution >= 0.6 is 0 Å². The van der Waals surface area contributed by atoms with Crippen molar-refractivity contribution in [1.29, 1.82) is 0 Å². The quantitative estimate of drug-likeness (QED) is 0.117. The van der Waals surface area contributed by atoms with Gasteiger partial charge in [-0.3, -0.25) is 19.7 Å². The first-order chi connectivity index (χ1) is 41.6. The number of likely N-dealkylation sites (tertiary alicyclic amines) is 1. The highest BCUT2D eigenvalue weighted by Crippen LogP contribution is 2.45. The van der Waals surface area contributed by atoms with Crippen molar-refractivity contribution in [3.8, 4) is 44.8 Å². The van der Waals surface area contributed by atoms with Gasteiger partial charge in [-0.05, 0) is 67.9 Å². The predicted molar refractivity (Wildman–Crippen MR) is 322 cm³/mol. The van der Waals surface area contributed by atoms with E-state index in [-0.39, 0.29) is 11.9 Å². The van der Waals surface area contributed by atoms with Crippen LogP contribution in [0.4, 0.5) is 0 Å². The van der Waals surface area contributed by atoms with Crippen molar-refractivity contribution in [2.45, 2.75) is 57.3 Å². The number of ether oxygens (including phenoxy) is 2. The van der Waals surface area contributed by atoms with Gasteiger partial charge in [0.1, 0.15) is 17.5 Å². The topological polar surface area (TPSA) is 197 Å². The van der Waals surface area contributed by atoms with Crippen molar-refractivity contribution in [2.24, 2.45) is 0 Å². The molecule has 0 amide bonds. The van der Waals surface area contributed by atoms with Crippen LogP contribution in [0.5, 0.6) is 0 Å². The average molecular weight is 1120 g/mol. The largest absolute Gasteiger partial charge is 0.450 e. The second-order valence-corrected chi connectivity index (χ2v) is 22.0. The SMILES string of the molecule is Cc1cc2ncc3cc(-c4ccccc4)c(-c4ccc(C=O)cc4)nc3n2n1.Cc1cc2ncc3cc(-c4ccccc4)c(-c4ccc(CN5CCC6(CC5)OC(=O)c5ccncc56)cc4)nc3n2n1.O=C1OC2(CCNCC2)c2cnccc21. The summed E-state index contributed by atoms with van der Waals surface area (Å²) in [7, 11) is 0. The van der Waals surface area contributed by atoms with E-state index in [1.165, 1.54) is 5.56 Å². The molecule has 2 fully saturated rings. The molecule has 8 aromatic heterocycles. The van der Waals surface area contributed by atoms with Gasteiger partial charge in [-0.15, -0.1) is 0 Å². The maximum atomic E-state index is 12.4. The number of aldehydes is 1. The Morgan fingerprint density at radius 3 is 1.48 bits per heavy atom. The molecule has 17 nitrogen and oxygen atoms in total. The summed E-state index contributed by atoms with van der Waals surface area (Å²) in [6.45, 7) is 8.22. The number of pyridine rings is 4. The first-order valence-electron chi connectivity index (χ1n) is 28.5. The van der Waals surface area contributed by atoms with Gasteiger partial charge in [0.05, 0.1) is 33.9 Å². The molecule has 4 aromatic carbocycles. The van der Waals surface area contributed by atoms with Gasteiger partial charge >= 0.3 is 11.9 Å².